The van der Waals surface area contributed by atoms with Gasteiger partial charge in [-0.05, 0) is 68.9 Å². The summed E-state index contributed by atoms with van der Waals surface area (Å²) in [5.41, 5.74) is 0.843. The number of methoxy groups -OCH3 is 1. The van der Waals surface area contributed by atoms with E-state index in [9.17, 15) is 14.4 Å². The molecule has 2 fully saturated rings. The van der Waals surface area contributed by atoms with E-state index in [0.717, 1.165) is 36.5 Å². The highest BCUT2D eigenvalue weighted by Gasteiger charge is 2.52. The third kappa shape index (κ3) is 7.70. The second kappa shape index (κ2) is 16.3. The molecule has 0 saturated carbocycles. The van der Waals surface area contributed by atoms with Crippen molar-refractivity contribution in [2.24, 2.45) is 4.99 Å². The van der Waals surface area contributed by atoms with Crippen LogP contribution in [-0.2, 0) is 16.9 Å². The number of nitrogens with zero attached hydrogens (tertiary/aromatic N) is 4. The Kier molecular flexibility index (Phi) is 12.8. The van der Waals surface area contributed by atoms with Crippen LogP contribution in [0.4, 0.5) is 4.79 Å². The minimum Gasteiger partial charge on any atom is -0.497 e. The van der Waals surface area contributed by atoms with Gasteiger partial charge in [0.05, 0.1) is 13.7 Å². The molecular weight excluding hydrogens is 584 g/mol. The summed E-state index contributed by atoms with van der Waals surface area (Å²) in [4.78, 5) is 49.5. The number of amidine groups is 1. The fraction of sp³-hybridized carbons (Fsp3) is 0.486. The molecule has 0 radical (unpaired) electrons. The van der Waals surface area contributed by atoms with Gasteiger partial charge in [-0.3, -0.25) is 19.9 Å². The van der Waals surface area contributed by atoms with Gasteiger partial charge in [-0.25, -0.2) is 4.79 Å². The topological polar surface area (TPSA) is 120 Å². The van der Waals surface area contributed by atoms with Crippen LogP contribution in [-0.4, -0.2) is 92.3 Å². The average Bonchev–Trinajstić information content (AvgIpc) is 3.87. The summed E-state index contributed by atoms with van der Waals surface area (Å²) in [7, 11) is 7.59. The molecule has 1 unspecified atom stereocenters. The number of allylic oxidation sites excluding steroid dienone is 2. The molecule has 0 aliphatic carbocycles. The number of urea groups is 1. The van der Waals surface area contributed by atoms with E-state index in [1.54, 1.807) is 31.4 Å². The van der Waals surface area contributed by atoms with Gasteiger partial charge in [-0.15, -0.1) is 0 Å². The van der Waals surface area contributed by atoms with E-state index in [1.165, 1.54) is 4.90 Å². The maximum atomic E-state index is 13.3. The SMILES string of the molecule is C/C=C(\C=C/c1ccc([C@]2(CN3Cc4ccc(OC)cc4C3=O)NC(=O)NC2=O)o1)CC(=NC)N1CCC(N(C)C)C1.CC.CC. The predicted octanol–water partition coefficient (Wildman–Crippen LogP) is 5.05. The number of ether oxygens (including phenoxy) is 1. The number of carbonyl (C=O) groups is 3. The monoisotopic (exact) mass is 634 g/mol. The summed E-state index contributed by atoms with van der Waals surface area (Å²) in [6.45, 7) is 12.1. The lowest BCUT2D eigenvalue weighted by Crippen LogP contribution is -2.52. The molecule has 5 rings (SSSR count). The Morgan fingerprint density at radius 1 is 1.15 bits per heavy atom. The number of hydrogen-bond donors (Lipinski definition) is 2. The number of hydrogen-bond acceptors (Lipinski definition) is 7. The molecule has 4 heterocycles. The van der Waals surface area contributed by atoms with Crippen molar-refractivity contribution >= 4 is 29.8 Å². The smallest absolute Gasteiger partial charge is 0.322 e. The molecule has 3 aliphatic rings. The highest BCUT2D eigenvalue weighted by atomic mass is 16.5. The fourth-order valence-electron chi connectivity index (χ4n) is 5.77. The first-order valence-electron chi connectivity index (χ1n) is 16.1. The second-order valence-electron chi connectivity index (χ2n) is 11.1. The Morgan fingerprint density at radius 3 is 2.48 bits per heavy atom. The van der Waals surface area contributed by atoms with Crippen LogP contribution in [0.1, 0.15) is 74.9 Å². The van der Waals surface area contributed by atoms with E-state index in [1.807, 2.05) is 66.0 Å². The van der Waals surface area contributed by atoms with Crippen LogP contribution in [0.2, 0.25) is 0 Å². The first kappa shape index (κ1) is 36.1. The molecule has 1 aromatic heterocycles. The molecule has 2 aromatic rings. The Labute approximate surface area is 273 Å². The molecule has 2 saturated heterocycles. The Bertz CT molecular complexity index is 1480. The largest absolute Gasteiger partial charge is 0.497 e. The van der Waals surface area contributed by atoms with Gasteiger partial charge in [0, 0.05) is 44.7 Å². The molecule has 11 nitrogen and oxygen atoms in total. The number of benzene rings is 1. The van der Waals surface area contributed by atoms with Crippen LogP contribution >= 0.6 is 0 Å². The van der Waals surface area contributed by atoms with Gasteiger partial charge in [-0.2, -0.15) is 0 Å². The zero-order chi connectivity index (χ0) is 34.0. The summed E-state index contributed by atoms with van der Waals surface area (Å²) in [5, 5.41) is 5.04. The molecule has 1 aromatic carbocycles. The minimum absolute atomic E-state index is 0.0860. The number of aliphatic imine (C=N–C) groups is 1. The molecule has 46 heavy (non-hydrogen) atoms. The van der Waals surface area contributed by atoms with Crippen molar-refractivity contribution in [3.63, 3.8) is 0 Å². The van der Waals surface area contributed by atoms with Crippen molar-refractivity contribution in [3.8, 4) is 5.75 Å². The van der Waals surface area contributed by atoms with E-state index in [0.29, 0.717) is 36.1 Å². The second-order valence-corrected chi connectivity index (χ2v) is 11.1. The van der Waals surface area contributed by atoms with E-state index in [4.69, 9.17) is 9.15 Å². The van der Waals surface area contributed by atoms with Crippen molar-refractivity contribution < 1.29 is 23.5 Å². The molecular formula is C35H50N6O5. The maximum absolute atomic E-state index is 13.3. The molecule has 11 heteroatoms. The Balaban J connectivity index is 0.00000139. The number of rotatable bonds is 9. The van der Waals surface area contributed by atoms with Crippen LogP contribution in [0.25, 0.3) is 6.08 Å². The van der Waals surface area contributed by atoms with Gasteiger partial charge in [0.25, 0.3) is 11.8 Å². The van der Waals surface area contributed by atoms with Crippen LogP contribution in [0.5, 0.6) is 5.75 Å². The quantitative estimate of drug-likeness (QED) is 0.172. The van der Waals surface area contributed by atoms with E-state index >= 15 is 0 Å². The molecule has 2 atom stereocenters. The van der Waals surface area contributed by atoms with Crippen molar-refractivity contribution in [2.45, 2.75) is 65.6 Å². The molecule has 3 aliphatic heterocycles. The molecule has 2 N–H and O–H groups in total. The van der Waals surface area contributed by atoms with Gasteiger partial charge in [0.2, 0.25) is 0 Å². The molecule has 4 amide bonds. The lowest BCUT2D eigenvalue weighted by molar-refractivity contribution is -0.125. The van der Waals surface area contributed by atoms with Crippen molar-refractivity contribution in [2.75, 3.05) is 47.9 Å². The third-order valence-corrected chi connectivity index (χ3v) is 8.32. The first-order chi connectivity index (χ1) is 22.2. The summed E-state index contributed by atoms with van der Waals surface area (Å²) in [6.07, 6.45) is 7.65. The summed E-state index contributed by atoms with van der Waals surface area (Å²) < 4.78 is 11.4. The van der Waals surface area contributed by atoms with Crippen molar-refractivity contribution in [1.82, 2.24) is 25.3 Å². The number of imide groups is 1. The number of carbonyl (C=O) groups excluding carboxylic acids is 3. The van der Waals surface area contributed by atoms with Gasteiger partial charge < -0.3 is 29.2 Å². The molecule has 250 valence electrons. The van der Waals surface area contributed by atoms with Crippen molar-refractivity contribution in [3.05, 3.63) is 70.7 Å². The van der Waals surface area contributed by atoms with E-state index in [-0.39, 0.29) is 18.2 Å². The Morgan fingerprint density at radius 2 is 1.89 bits per heavy atom. The van der Waals surface area contributed by atoms with Crippen molar-refractivity contribution in [1.29, 1.82) is 0 Å². The van der Waals surface area contributed by atoms with E-state index in [2.05, 4.69) is 39.5 Å². The number of likely N-dealkylation sites (tertiary alicyclic amines) is 1. The fourth-order valence-corrected chi connectivity index (χ4v) is 5.77. The summed E-state index contributed by atoms with van der Waals surface area (Å²) in [5.74, 6) is 1.56. The number of amides is 4. The van der Waals surface area contributed by atoms with Gasteiger partial charge in [0.15, 0.2) is 5.54 Å². The number of furan rings is 1. The number of fused-ring (bicyclic) bond motifs is 1. The number of likely N-dealkylation sites (N-methyl/N-ethyl adjacent to an activating group) is 1. The maximum Gasteiger partial charge on any atom is 0.322 e. The van der Waals surface area contributed by atoms with Crippen LogP contribution in [0, 0.1) is 0 Å². The summed E-state index contributed by atoms with van der Waals surface area (Å²) >= 11 is 0. The lowest BCUT2D eigenvalue weighted by atomic mass is 9.95. The zero-order valence-electron chi connectivity index (χ0n) is 28.8. The molecule has 0 spiro atoms. The zero-order valence-corrected chi connectivity index (χ0v) is 28.8. The van der Waals surface area contributed by atoms with Gasteiger partial charge in [-0.1, -0.05) is 45.9 Å². The normalized spacial score (nSPS) is 21.2. The standard InChI is InChI=1S/C31H38N6O5.2C2H6/c1-6-20(15-27(32-2)36-14-13-22(18-36)35(3)4)7-9-23-11-12-26(42-23)31(29(39)33-30(40)34-31)19-37-17-21-8-10-24(41-5)16-25(21)28(37)38;2*1-2/h6-12,16,22H,13-15,17-19H2,1-5H3,(H2,33,34,39,40);2*1-2H3/b9-7-,20-6+,32-27?;;/t22?,31-;;/m0../s1. The van der Waals surface area contributed by atoms with Gasteiger partial charge in [0.1, 0.15) is 23.1 Å². The van der Waals surface area contributed by atoms with E-state index < -0.39 is 17.5 Å². The first-order valence-corrected chi connectivity index (χ1v) is 16.1. The Hall–Kier alpha value is -4.38. The third-order valence-electron chi connectivity index (χ3n) is 8.32. The van der Waals surface area contributed by atoms with Crippen LogP contribution < -0.4 is 15.4 Å². The van der Waals surface area contributed by atoms with Crippen LogP contribution in [0.3, 0.4) is 0 Å². The minimum atomic E-state index is -1.56. The molecule has 0 bridgehead atoms. The number of nitrogens with one attached hydrogen (secondary N) is 2. The van der Waals surface area contributed by atoms with Gasteiger partial charge >= 0.3 is 6.03 Å². The lowest BCUT2D eigenvalue weighted by Gasteiger charge is -2.29. The summed E-state index contributed by atoms with van der Waals surface area (Å²) in [6, 6.07) is 8.61. The highest BCUT2D eigenvalue weighted by molar-refractivity contribution is 6.08. The average molecular weight is 635 g/mol. The van der Waals surface area contributed by atoms with Crippen LogP contribution in [0.15, 0.2) is 57.5 Å². The predicted molar refractivity (Wildman–Crippen MR) is 182 cm³/mol. The highest BCUT2D eigenvalue weighted by Crippen LogP contribution is 2.33.